The van der Waals surface area contributed by atoms with Gasteiger partial charge in [0.2, 0.25) is 5.82 Å². The van der Waals surface area contributed by atoms with E-state index in [4.69, 9.17) is 4.74 Å². The number of aryl methyl sites for hydroxylation is 2. The van der Waals surface area contributed by atoms with E-state index >= 15 is 0 Å². The van der Waals surface area contributed by atoms with Crippen LogP contribution in [0.25, 0.3) is 22.4 Å². The Hall–Kier alpha value is -4.74. The molecule has 1 saturated carbocycles. The summed E-state index contributed by atoms with van der Waals surface area (Å²) in [7, 11) is 4.92. The predicted molar refractivity (Wildman–Crippen MR) is 135 cm³/mol. The molecule has 0 atom stereocenters. The van der Waals surface area contributed by atoms with Crippen LogP contribution in [0.1, 0.15) is 24.3 Å². The third-order valence-electron chi connectivity index (χ3n) is 6.14. The molecular formula is C24H24N10O2. The molecule has 1 fully saturated rings. The summed E-state index contributed by atoms with van der Waals surface area (Å²) in [5.74, 6) is 2.79. The van der Waals surface area contributed by atoms with Crippen LogP contribution in [0.2, 0.25) is 0 Å². The zero-order valence-electron chi connectivity index (χ0n) is 20.0. The molecule has 0 bridgehead atoms. The van der Waals surface area contributed by atoms with E-state index in [0.717, 1.165) is 0 Å². The summed E-state index contributed by atoms with van der Waals surface area (Å²) in [6.45, 7) is 0. The monoisotopic (exact) mass is 484 g/mol. The summed E-state index contributed by atoms with van der Waals surface area (Å²) < 4.78 is 7.10. The summed E-state index contributed by atoms with van der Waals surface area (Å²) in [5, 5.41) is 22.3. The van der Waals surface area contributed by atoms with Crippen LogP contribution in [0.5, 0.6) is 5.75 Å². The number of hydrogen-bond donors (Lipinski definition) is 3. The highest BCUT2D eigenvalue weighted by Crippen LogP contribution is 2.40. The van der Waals surface area contributed by atoms with Crippen LogP contribution in [0, 0.1) is 0 Å². The van der Waals surface area contributed by atoms with Crippen LogP contribution in [-0.4, -0.2) is 47.1 Å². The number of rotatable bonds is 7. The number of H-pyrrole nitrogens is 1. The third-order valence-corrected chi connectivity index (χ3v) is 6.14. The standard InChI is InChI=1S/C24H24N10O2/c1-33-24(35)20-17(26-16-6-4-5-15(21(16)36-3)22-29-32-34(2)31-22)11-19(28-23(20)30-33)27-18-10-9-14(12-25-18)13-7-8-13/h4-6,9-13H,7-8H2,1-3H3,(H3,25,26,27,28,30). The minimum Gasteiger partial charge on any atom is -0.494 e. The van der Waals surface area contributed by atoms with Crippen LogP contribution in [-0.2, 0) is 14.1 Å². The summed E-state index contributed by atoms with van der Waals surface area (Å²) in [6.07, 6.45) is 4.35. The lowest BCUT2D eigenvalue weighted by Crippen LogP contribution is -2.12. The Kier molecular flexibility index (Phi) is 5.13. The van der Waals surface area contributed by atoms with Crippen molar-refractivity contribution >= 4 is 34.0 Å². The van der Waals surface area contributed by atoms with E-state index in [1.165, 1.54) is 27.9 Å². The van der Waals surface area contributed by atoms with E-state index < -0.39 is 0 Å². The number of aromatic nitrogens is 8. The van der Waals surface area contributed by atoms with Crippen molar-refractivity contribution in [3.05, 3.63) is 58.5 Å². The number of ether oxygens (including phenoxy) is 1. The van der Waals surface area contributed by atoms with Gasteiger partial charge in [0.25, 0.3) is 5.56 Å². The van der Waals surface area contributed by atoms with E-state index in [9.17, 15) is 4.79 Å². The van der Waals surface area contributed by atoms with E-state index in [0.29, 0.717) is 57.1 Å². The molecule has 6 rings (SSSR count). The molecule has 182 valence electrons. The van der Waals surface area contributed by atoms with Gasteiger partial charge in [-0.25, -0.2) is 9.97 Å². The van der Waals surface area contributed by atoms with Gasteiger partial charge in [-0.05, 0) is 47.7 Å². The first-order chi connectivity index (χ1) is 17.5. The fourth-order valence-electron chi connectivity index (χ4n) is 4.22. The number of para-hydroxylation sites is 1. The number of tetrazole rings is 1. The van der Waals surface area contributed by atoms with E-state index in [-0.39, 0.29) is 5.56 Å². The van der Waals surface area contributed by atoms with Crippen molar-refractivity contribution in [1.82, 2.24) is 40.0 Å². The number of benzene rings is 1. The molecule has 36 heavy (non-hydrogen) atoms. The van der Waals surface area contributed by atoms with E-state index in [2.05, 4.69) is 47.2 Å². The number of anilines is 4. The minimum atomic E-state index is -0.204. The maximum Gasteiger partial charge on any atom is 0.277 e. The van der Waals surface area contributed by atoms with Crippen molar-refractivity contribution < 1.29 is 4.74 Å². The zero-order valence-corrected chi connectivity index (χ0v) is 20.0. The maximum absolute atomic E-state index is 12.9. The molecule has 12 heteroatoms. The molecular weight excluding hydrogens is 460 g/mol. The zero-order chi connectivity index (χ0) is 24.8. The Morgan fingerprint density at radius 1 is 1.08 bits per heavy atom. The first kappa shape index (κ1) is 21.8. The molecule has 12 nitrogen and oxygen atoms in total. The SMILES string of the molecule is COc1c(Nc2cc(Nc3ccc(C4CC4)cn3)nc3[nH]n(C)c(=O)c23)cccc1-c1nnn(C)n1. The average molecular weight is 485 g/mol. The Morgan fingerprint density at radius 3 is 2.64 bits per heavy atom. The van der Waals surface area contributed by atoms with Gasteiger partial charge in [0, 0.05) is 19.3 Å². The molecule has 3 N–H and O–H groups in total. The number of pyridine rings is 2. The van der Waals surface area contributed by atoms with Gasteiger partial charge in [-0.1, -0.05) is 12.1 Å². The molecule has 1 aliphatic rings. The number of aromatic amines is 1. The summed E-state index contributed by atoms with van der Waals surface area (Å²) in [5.41, 5.74) is 3.35. The molecule has 0 radical (unpaired) electrons. The molecule has 0 amide bonds. The van der Waals surface area contributed by atoms with Gasteiger partial charge in [-0.15, -0.1) is 10.2 Å². The maximum atomic E-state index is 12.9. The topological polar surface area (TPSA) is 140 Å². The molecule has 4 aromatic heterocycles. The van der Waals surface area contributed by atoms with Crippen molar-refractivity contribution in [3.63, 3.8) is 0 Å². The highest BCUT2D eigenvalue weighted by Gasteiger charge is 2.23. The van der Waals surface area contributed by atoms with E-state index in [1.54, 1.807) is 27.3 Å². The van der Waals surface area contributed by atoms with Gasteiger partial charge in [-0.2, -0.15) is 4.80 Å². The molecule has 0 saturated heterocycles. The number of hydrogen-bond acceptors (Lipinski definition) is 9. The largest absolute Gasteiger partial charge is 0.494 e. The quantitative estimate of drug-likeness (QED) is 0.317. The summed E-state index contributed by atoms with van der Waals surface area (Å²) in [6, 6.07) is 11.4. The normalized spacial score (nSPS) is 13.2. The molecule has 5 aromatic rings. The van der Waals surface area contributed by atoms with Crippen molar-refractivity contribution in [2.75, 3.05) is 17.7 Å². The van der Waals surface area contributed by atoms with Gasteiger partial charge >= 0.3 is 0 Å². The molecule has 4 heterocycles. The molecule has 0 unspecified atom stereocenters. The first-order valence-corrected chi connectivity index (χ1v) is 11.5. The van der Waals surface area contributed by atoms with Crippen LogP contribution < -0.4 is 20.9 Å². The molecule has 1 aliphatic carbocycles. The number of methoxy groups -OCH3 is 1. The van der Waals surface area contributed by atoms with Crippen LogP contribution in [0.3, 0.4) is 0 Å². The summed E-state index contributed by atoms with van der Waals surface area (Å²) >= 11 is 0. The van der Waals surface area contributed by atoms with Gasteiger partial charge in [0.05, 0.1) is 31.1 Å². The second-order valence-electron chi connectivity index (χ2n) is 8.74. The Bertz CT molecular complexity index is 1630. The Morgan fingerprint density at radius 2 is 1.94 bits per heavy atom. The van der Waals surface area contributed by atoms with Gasteiger partial charge in [-0.3, -0.25) is 14.6 Å². The van der Waals surface area contributed by atoms with E-state index in [1.807, 2.05) is 30.5 Å². The van der Waals surface area contributed by atoms with Crippen molar-refractivity contribution in [3.8, 4) is 17.1 Å². The van der Waals surface area contributed by atoms with Crippen LogP contribution >= 0.6 is 0 Å². The molecule has 1 aromatic carbocycles. The lowest BCUT2D eigenvalue weighted by molar-refractivity contribution is 0.418. The highest BCUT2D eigenvalue weighted by molar-refractivity contribution is 5.94. The molecule has 0 spiro atoms. The third kappa shape index (κ3) is 3.91. The van der Waals surface area contributed by atoms with Gasteiger partial charge in [0.1, 0.15) is 17.0 Å². The van der Waals surface area contributed by atoms with Crippen LogP contribution in [0.4, 0.5) is 23.0 Å². The average Bonchev–Trinajstić information content (AvgIpc) is 3.57. The second kappa shape index (κ2) is 8.48. The van der Waals surface area contributed by atoms with Crippen molar-refractivity contribution in [2.45, 2.75) is 18.8 Å². The Labute approximate surface area is 205 Å². The van der Waals surface area contributed by atoms with Gasteiger partial charge in [0.15, 0.2) is 11.4 Å². The number of fused-ring (bicyclic) bond motifs is 1. The second-order valence-corrected chi connectivity index (χ2v) is 8.74. The lowest BCUT2D eigenvalue weighted by Gasteiger charge is -2.15. The smallest absolute Gasteiger partial charge is 0.277 e. The fraction of sp³-hybridized carbons (Fsp3) is 0.250. The summed E-state index contributed by atoms with van der Waals surface area (Å²) in [4.78, 5) is 23.4. The first-order valence-electron chi connectivity index (χ1n) is 11.5. The molecule has 0 aliphatic heterocycles. The van der Waals surface area contributed by atoms with Crippen molar-refractivity contribution in [1.29, 1.82) is 0 Å². The lowest BCUT2D eigenvalue weighted by atomic mass is 10.1. The number of nitrogens with one attached hydrogen (secondary N) is 3. The predicted octanol–water partition coefficient (Wildman–Crippen LogP) is 3.22. The van der Waals surface area contributed by atoms with Gasteiger partial charge < -0.3 is 15.4 Å². The van der Waals surface area contributed by atoms with Crippen molar-refractivity contribution in [2.24, 2.45) is 14.1 Å². The highest BCUT2D eigenvalue weighted by atomic mass is 16.5. The van der Waals surface area contributed by atoms with Crippen LogP contribution in [0.15, 0.2) is 47.4 Å². The number of nitrogens with zero attached hydrogens (tertiary/aromatic N) is 7. The minimum absolute atomic E-state index is 0.204. The fourth-order valence-corrected chi connectivity index (χ4v) is 4.22. The Balaban J connectivity index is 1.40.